The molecule has 0 aromatic heterocycles. The van der Waals surface area contributed by atoms with E-state index in [1.807, 2.05) is 0 Å². The summed E-state index contributed by atoms with van der Waals surface area (Å²) in [7, 11) is 0. The quantitative estimate of drug-likeness (QED) is 0.586. The predicted octanol–water partition coefficient (Wildman–Crippen LogP) is 2.58. The number of hydrogen-bond acceptors (Lipinski definition) is 2. The lowest BCUT2D eigenvalue weighted by Crippen LogP contribution is -2.25. The molecule has 1 atom stereocenters. The van der Waals surface area contributed by atoms with Gasteiger partial charge in [-0.1, -0.05) is 11.6 Å². The number of allylic oxidation sites excluding steroid dienone is 6. The minimum Gasteiger partial charge on any atom is -0.289 e. The standard InChI is InChI=1S/C10H7Cl2NO/c1-5-2-9(14)7-3-6(11)4-8(12)10(7)13-5/h2-4,8H,1H3. The molecule has 0 fully saturated rings. The second-order valence-corrected chi connectivity index (χ2v) is 4.06. The number of alkyl halides is 1. The largest absolute Gasteiger partial charge is 0.289 e. The highest BCUT2D eigenvalue weighted by Crippen LogP contribution is 2.26. The highest BCUT2D eigenvalue weighted by Gasteiger charge is 2.27. The molecule has 2 nitrogen and oxygen atoms in total. The molecule has 0 saturated carbocycles. The Balaban J connectivity index is 2.54. The summed E-state index contributed by atoms with van der Waals surface area (Å²) in [4.78, 5) is 15.8. The van der Waals surface area contributed by atoms with Gasteiger partial charge in [0.05, 0.1) is 11.1 Å². The van der Waals surface area contributed by atoms with Crippen molar-refractivity contribution in [2.75, 3.05) is 0 Å². The number of carbonyl (C=O) groups is 1. The van der Waals surface area contributed by atoms with E-state index in [1.54, 1.807) is 19.1 Å². The van der Waals surface area contributed by atoms with Crippen LogP contribution < -0.4 is 0 Å². The fourth-order valence-electron chi connectivity index (χ4n) is 1.44. The van der Waals surface area contributed by atoms with Crippen LogP contribution >= 0.6 is 23.2 Å². The molecule has 2 aliphatic rings. The van der Waals surface area contributed by atoms with Crippen molar-refractivity contribution in [3.8, 4) is 0 Å². The maximum absolute atomic E-state index is 11.6. The van der Waals surface area contributed by atoms with Crippen LogP contribution in [-0.2, 0) is 4.79 Å². The minimum absolute atomic E-state index is 0.0793. The van der Waals surface area contributed by atoms with Crippen molar-refractivity contribution in [1.82, 2.24) is 0 Å². The van der Waals surface area contributed by atoms with Crippen LogP contribution in [0.1, 0.15) is 6.92 Å². The van der Waals surface area contributed by atoms with Crippen LogP contribution in [0.3, 0.4) is 0 Å². The summed E-state index contributed by atoms with van der Waals surface area (Å²) in [5.41, 5.74) is 1.78. The molecule has 0 spiro atoms. The van der Waals surface area contributed by atoms with E-state index in [2.05, 4.69) is 4.99 Å². The van der Waals surface area contributed by atoms with Crippen LogP contribution in [0.15, 0.2) is 39.5 Å². The van der Waals surface area contributed by atoms with Crippen molar-refractivity contribution in [1.29, 1.82) is 0 Å². The zero-order chi connectivity index (χ0) is 10.3. The third-order valence-electron chi connectivity index (χ3n) is 2.03. The topological polar surface area (TPSA) is 29.4 Å². The van der Waals surface area contributed by atoms with Crippen molar-refractivity contribution in [2.24, 2.45) is 4.99 Å². The van der Waals surface area contributed by atoms with E-state index in [1.165, 1.54) is 6.08 Å². The van der Waals surface area contributed by atoms with Gasteiger partial charge in [-0.3, -0.25) is 9.79 Å². The highest BCUT2D eigenvalue weighted by molar-refractivity contribution is 6.45. The molecule has 0 radical (unpaired) electrons. The lowest BCUT2D eigenvalue weighted by atomic mass is 9.95. The van der Waals surface area contributed by atoms with Gasteiger partial charge in [-0.15, -0.1) is 11.6 Å². The van der Waals surface area contributed by atoms with E-state index >= 15 is 0 Å². The van der Waals surface area contributed by atoms with E-state index < -0.39 is 5.38 Å². The van der Waals surface area contributed by atoms with Crippen LogP contribution in [0.5, 0.6) is 0 Å². The van der Waals surface area contributed by atoms with Crippen LogP contribution in [-0.4, -0.2) is 16.9 Å². The first-order valence-corrected chi connectivity index (χ1v) is 4.94. The lowest BCUT2D eigenvalue weighted by molar-refractivity contribution is -0.111. The molecule has 0 N–H and O–H groups in total. The Labute approximate surface area is 91.6 Å². The van der Waals surface area contributed by atoms with Crippen LogP contribution in [0.4, 0.5) is 0 Å². The Morgan fingerprint density at radius 3 is 2.86 bits per heavy atom. The summed E-state index contributed by atoms with van der Waals surface area (Å²) >= 11 is 11.8. The van der Waals surface area contributed by atoms with Crippen LogP contribution in [0.25, 0.3) is 0 Å². The predicted molar refractivity (Wildman–Crippen MR) is 57.9 cm³/mol. The average molecular weight is 228 g/mol. The van der Waals surface area contributed by atoms with Gasteiger partial charge in [-0.25, -0.2) is 0 Å². The molecule has 0 saturated heterocycles. The maximum Gasteiger partial charge on any atom is 0.189 e. The monoisotopic (exact) mass is 227 g/mol. The van der Waals surface area contributed by atoms with Gasteiger partial charge < -0.3 is 0 Å². The molecule has 14 heavy (non-hydrogen) atoms. The van der Waals surface area contributed by atoms with Crippen molar-refractivity contribution in [3.05, 3.63) is 34.5 Å². The third kappa shape index (κ3) is 1.56. The van der Waals surface area contributed by atoms with Crippen LogP contribution in [0, 0.1) is 0 Å². The molecular formula is C10H7Cl2NO. The summed E-state index contributed by atoms with van der Waals surface area (Å²) in [5.74, 6) is -0.0793. The molecule has 0 aromatic carbocycles. The molecule has 0 bridgehead atoms. The summed E-state index contributed by atoms with van der Waals surface area (Å²) < 4.78 is 0. The van der Waals surface area contributed by atoms with Crippen molar-refractivity contribution in [3.63, 3.8) is 0 Å². The number of aliphatic imine (C=N–C) groups is 1. The molecule has 0 amide bonds. The summed E-state index contributed by atoms with van der Waals surface area (Å²) in [6.07, 6.45) is 4.75. The van der Waals surface area contributed by atoms with Gasteiger partial charge in [0.25, 0.3) is 0 Å². The highest BCUT2D eigenvalue weighted by atomic mass is 35.5. The summed E-state index contributed by atoms with van der Waals surface area (Å²) in [5, 5.41) is 0.0790. The zero-order valence-corrected chi connectivity index (χ0v) is 8.93. The number of ketones is 1. The SMILES string of the molecule is CC1=CC(=O)C2=CC(Cl)=CC(Cl)C2=N1. The van der Waals surface area contributed by atoms with Crippen molar-refractivity contribution in [2.45, 2.75) is 12.3 Å². The van der Waals surface area contributed by atoms with E-state index in [-0.39, 0.29) is 5.78 Å². The van der Waals surface area contributed by atoms with Crippen molar-refractivity contribution < 1.29 is 4.79 Å². The molecule has 0 aromatic rings. The smallest absolute Gasteiger partial charge is 0.189 e. The molecule has 1 aliphatic heterocycles. The Bertz CT molecular complexity index is 429. The maximum atomic E-state index is 11.6. The number of fused-ring (bicyclic) bond motifs is 1. The Hall–Kier alpha value is -0.860. The van der Waals surface area contributed by atoms with Gasteiger partial charge in [-0.2, -0.15) is 0 Å². The van der Waals surface area contributed by atoms with Gasteiger partial charge in [0.1, 0.15) is 0 Å². The number of nitrogens with zero attached hydrogens (tertiary/aromatic N) is 1. The minimum atomic E-state index is -0.407. The Morgan fingerprint density at radius 1 is 1.43 bits per heavy atom. The van der Waals surface area contributed by atoms with Gasteiger partial charge in [-0.05, 0) is 19.1 Å². The second-order valence-electron chi connectivity index (χ2n) is 3.16. The normalized spacial score (nSPS) is 25.9. The summed E-state index contributed by atoms with van der Waals surface area (Å²) in [6.45, 7) is 1.77. The first-order valence-electron chi connectivity index (χ1n) is 4.12. The van der Waals surface area contributed by atoms with Crippen LogP contribution in [0.2, 0.25) is 0 Å². The number of carbonyl (C=O) groups excluding carboxylic acids is 1. The van der Waals surface area contributed by atoms with Gasteiger partial charge >= 0.3 is 0 Å². The van der Waals surface area contributed by atoms with Crippen molar-refractivity contribution >= 4 is 34.7 Å². The fourth-order valence-corrected chi connectivity index (χ4v) is 2.04. The zero-order valence-electron chi connectivity index (χ0n) is 7.42. The molecular weight excluding hydrogens is 221 g/mol. The fraction of sp³-hybridized carbons (Fsp3) is 0.200. The molecule has 1 unspecified atom stereocenters. The first kappa shape index (κ1) is 9.69. The van der Waals surface area contributed by atoms with Gasteiger partial charge in [0.2, 0.25) is 0 Å². The molecule has 4 heteroatoms. The number of rotatable bonds is 0. The number of halogens is 2. The summed E-state index contributed by atoms with van der Waals surface area (Å²) in [6, 6.07) is 0. The van der Waals surface area contributed by atoms with E-state index in [4.69, 9.17) is 23.2 Å². The van der Waals surface area contributed by atoms with E-state index in [0.29, 0.717) is 22.0 Å². The molecule has 1 heterocycles. The Morgan fingerprint density at radius 2 is 2.14 bits per heavy atom. The molecule has 2 rings (SSSR count). The van der Waals surface area contributed by atoms with E-state index in [9.17, 15) is 4.79 Å². The molecule has 1 aliphatic carbocycles. The average Bonchev–Trinajstić information content (AvgIpc) is 2.07. The number of hydrogen-bond donors (Lipinski definition) is 0. The molecule has 72 valence electrons. The lowest BCUT2D eigenvalue weighted by Gasteiger charge is -2.19. The third-order valence-corrected chi connectivity index (χ3v) is 2.59. The second kappa shape index (κ2) is 3.37. The Kier molecular flexibility index (Phi) is 2.33. The first-order chi connectivity index (χ1) is 6.58. The van der Waals surface area contributed by atoms with E-state index in [0.717, 1.165) is 0 Å². The van der Waals surface area contributed by atoms with Gasteiger partial charge in [0, 0.05) is 22.4 Å². The van der Waals surface area contributed by atoms with Gasteiger partial charge in [0.15, 0.2) is 5.78 Å².